The molecular formula is C15H18N4OS. The maximum atomic E-state index is 12.6. The molecule has 3 rings (SSSR count). The Morgan fingerprint density at radius 3 is 2.71 bits per heavy atom. The second kappa shape index (κ2) is 5.91. The van der Waals surface area contributed by atoms with Crippen LogP contribution in [0.15, 0.2) is 24.5 Å². The molecule has 3 heterocycles. The van der Waals surface area contributed by atoms with Crippen molar-refractivity contribution in [3.05, 3.63) is 35.1 Å². The van der Waals surface area contributed by atoms with Crippen LogP contribution >= 0.6 is 11.3 Å². The third-order valence-corrected chi connectivity index (χ3v) is 4.88. The van der Waals surface area contributed by atoms with Crippen molar-refractivity contribution in [2.45, 2.75) is 6.92 Å². The van der Waals surface area contributed by atoms with Crippen molar-refractivity contribution in [1.29, 1.82) is 0 Å². The quantitative estimate of drug-likeness (QED) is 0.850. The first-order valence-corrected chi connectivity index (χ1v) is 7.82. The highest BCUT2D eigenvalue weighted by Crippen LogP contribution is 2.28. The number of nitrogens with zero attached hydrogens (tertiary/aromatic N) is 4. The van der Waals surface area contributed by atoms with E-state index in [0.29, 0.717) is 0 Å². The zero-order chi connectivity index (χ0) is 14.8. The lowest BCUT2D eigenvalue weighted by Gasteiger charge is -2.32. The lowest BCUT2D eigenvalue weighted by Crippen LogP contribution is -2.47. The summed E-state index contributed by atoms with van der Waals surface area (Å²) in [6.07, 6.45) is 3.52. The molecule has 0 aromatic carbocycles. The molecule has 0 bridgehead atoms. The summed E-state index contributed by atoms with van der Waals surface area (Å²) in [5.41, 5.74) is 1.77. The number of carbonyl (C=O) groups is 1. The molecule has 1 aliphatic rings. The minimum absolute atomic E-state index is 0.105. The van der Waals surface area contributed by atoms with E-state index in [1.165, 1.54) is 11.3 Å². The zero-order valence-corrected chi connectivity index (χ0v) is 13.1. The number of aryl methyl sites for hydroxylation is 1. The molecule has 5 nitrogen and oxygen atoms in total. The van der Waals surface area contributed by atoms with Gasteiger partial charge in [-0.25, -0.2) is 4.98 Å². The Bertz CT molecular complexity index is 632. The van der Waals surface area contributed by atoms with Crippen LogP contribution in [0.3, 0.4) is 0 Å². The standard InChI is InChI=1S/C15H18N4OS/c1-11-13(15(20)19-8-6-18(2)7-9-19)21-14(17-11)12-4-3-5-16-10-12/h3-5,10H,6-9H2,1-2H3. The molecule has 2 aromatic heterocycles. The van der Waals surface area contributed by atoms with E-state index in [1.54, 1.807) is 12.4 Å². The Morgan fingerprint density at radius 2 is 2.05 bits per heavy atom. The molecule has 0 aliphatic carbocycles. The van der Waals surface area contributed by atoms with Gasteiger partial charge in [-0.3, -0.25) is 9.78 Å². The highest BCUT2D eigenvalue weighted by molar-refractivity contribution is 7.17. The Morgan fingerprint density at radius 1 is 1.29 bits per heavy atom. The molecule has 0 atom stereocenters. The molecule has 6 heteroatoms. The van der Waals surface area contributed by atoms with Crippen molar-refractivity contribution < 1.29 is 4.79 Å². The Kier molecular flexibility index (Phi) is 3.98. The van der Waals surface area contributed by atoms with Crippen LogP contribution in [0, 0.1) is 6.92 Å². The SMILES string of the molecule is Cc1nc(-c2cccnc2)sc1C(=O)N1CCN(C)CC1. The summed E-state index contributed by atoms with van der Waals surface area (Å²) in [5, 5.41) is 0.859. The number of likely N-dealkylation sites (N-methyl/N-ethyl adjacent to an activating group) is 1. The predicted molar refractivity (Wildman–Crippen MR) is 83.5 cm³/mol. The molecule has 1 saturated heterocycles. The summed E-state index contributed by atoms with van der Waals surface area (Å²) in [7, 11) is 2.08. The van der Waals surface area contributed by atoms with Crippen molar-refractivity contribution in [2.75, 3.05) is 33.2 Å². The maximum Gasteiger partial charge on any atom is 0.265 e. The van der Waals surface area contributed by atoms with Gasteiger partial charge in [0.05, 0.1) is 5.69 Å². The van der Waals surface area contributed by atoms with Crippen LogP contribution in [0.1, 0.15) is 15.4 Å². The van der Waals surface area contributed by atoms with Crippen molar-refractivity contribution in [1.82, 2.24) is 19.8 Å². The van der Waals surface area contributed by atoms with E-state index < -0.39 is 0 Å². The van der Waals surface area contributed by atoms with Crippen LogP contribution in [0.2, 0.25) is 0 Å². The second-order valence-corrected chi connectivity index (χ2v) is 6.27. The fourth-order valence-electron chi connectivity index (χ4n) is 2.36. The summed E-state index contributed by atoms with van der Waals surface area (Å²) < 4.78 is 0. The van der Waals surface area contributed by atoms with Crippen molar-refractivity contribution >= 4 is 17.2 Å². The summed E-state index contributed by atoms with van der Waals surface area (Å²) in [5.74, 6) is 0.105. The van der Waals surface area contributed by atoms with Crippen molar-refractivity contribution in [2.24, 2.45) is 0 Å². The van der Waals surface area contributed by atoms with E-state index in [1.807, 2.05) is 24.0 Å². The highest BCUT2D eigenvalue weighted by Gasteiger charge is 2.24. The van der Waals surface area contributed by atoms with Gasteiger partial charge in [0, 0.05) is 44.1 Å². The molecule has 0 N–H and O–H groups in total. The van der Waals surface area contributed by atoms with E-state index >= 15 is 0 Å². The summed E-state index contributed by atoms with van der Waals surface area (Å²) in [6.45, 7) is 5.33. The van der Waals surface area contributed by atoms with Crippen molar-refractivity contribution in [3.8, 4) is 10.6 Å². The minimum atomic E-state index is 0.105. The van der Waals surface area contributed by atoms with Crippen LogP contribution in [-0.4, -0.2) is 58.9 Å². The van der Waals surface area contributed by atoms with Crippen molar-refractivity contribution in [3.63, 3.8) is 0 Å². The molecule has 1 fully saturated rings. The number of piperazine rings is 1. The molecule has 0 saturated carbocycles. The predicted octanol–water partition coefficient (Wildman–Crippen LogP) is 1.90. The number of hydrogen-bond acceptors (Lipinski definition) is 5. The second-order valence-electron chi connectivity index (χ2n) is 5.27. The van der Waals surface area contributed by atoms with Gasteiger partial charge in [0.2, 0.25) is 0 Å². The van der Waals surface area contributed by atoms with Gasteiger partial charge in [-0.15, -0.1) is 11.3 Å². The normalized spacial score (nSPS) is 16.2. The largest absolute Gasteiger partial charge is 0.335 e. The van der Waals surface area contributed by atoms with Gasteiger partial charge in [-0.05, 0) is 26.1 Å². The van der Waals surface area contributed by atoms with E-state index in [-0.39, 0.29) is 5.91 Å². The summed E-state index contributed by atoms with van der Waals surface area (Å²) in [4.78, 5) is 26.2. The molecule has 1 aliphatic heterocycles. The molecule has 0 spiro atoms. The molecule has 0 radical (unpaired) electrons. The van der Waals surface area contributed by atoms with Crippen LogP contribution in [0.4, 0.5) is 0 Å². The fraction of sp³-hybridized carbons (Fsp3) is 0.400. The highest BCUT2D eigenvalue weighted by atomic mass is 32.1. The van der Waals surface area contributed by atoms with Gasteiger partial charge in [-0.2, -0.15) is 0 Å². The Hall–Kier alpha value is -1.79. The number of thiazole rings is 1. The van der Waals surface area contributed by atoms with Gasteiger partial charge in [0.25, 0.3) is 5.91 Å². The molecule has 110 valence electrons. The van der Waals surface area contributed by atoms with Crippen LogP contribution < -0.4 is 0 Å². The molecule has 0 unspecified atom stereocenters. The van der Waals surface area contributed by atoms with Gasteiger partial charge in [0.15, 0.2) is 0 Å². The Labute approximate surface area is 128 Å². The first kappa shape index (κ1) is 14.2. The van der Waals surface area contributed by atoms with E-state index in [9.17, 15) is 4.79 Å². The van der Waals surface area contributed by atoms with E-state index in [4.69, 9.17) is 0 Å². The Balaban J connectivity index is 1.83. The number of carbonyl (C=O) groups excluding carboxylic acids is 1. The van der Waals surface area contributed by atoms with Crippen LogP contribution in [0.5, 0.6) is 0 Å². The topological polar surface area (TPSA) is 49.3 Å². The maximum absolute atomic E-state index is 12.6. The van der Waals surface area contributed by atoms with E-state index in [0.717, 1.165) is 47.3 Å². The first-order valence-electron chi connectivity index (χ1n) is 7.01. The lowest BCUT2D eigenvalue weighted by molar-refractivity contribution is 0.0668. The monoisotopic (exact) mass is 302 g/mol. The first-order chi connectivity index (χ1) is 10.1. The summed E-state index contributed by atoms with van der Waals surface area (Å²) in [6, 6.07) is 3.85. The third kappa shape index (κ3) is 2.96. The van der Waals surface area contributed by atoms with Gasteiger partial charge in [0.1, 0.15) is 9.88 Å². The minimum Gasteiger partial charge on any atom is -0.335 e. The third-order valence-electron chi connectivity index (χ3n) is 3.69. The summed E-state index contributed by atoms with van der Waals surface area (Å²) >= 11 is 1.46. The fourth-order valence-corrected chi connectivity index (χ4v) is 3.39. The number of aromatic nitrogens is 2. The average Bonchev–Trinajstić information content (AvgIpc) is 2.90. The number of pyridine rings is 1. The zero-order valence-electron chi connectivity index (χ0n) is 12.2. The number of amides is 1. The van der Waals surface area contributed by atoms with Gasteiger partial charge >= 0.3 is 0 Å². The smallest absolute Gasteiger partial charge is 0.265 e. The van der Waals surface area contributed by atoms with Gasteiger partial charge < -0.3 is 9.80 Å². The molecular weight excluding hydrogens is 284 g/mol. The number of hydrogen-bond donors (Lipinski definition) is 0. The molecule has 1 amide bonds. The average molecular weight is 302 g/mol. The van der Waals surface area contributed by atoms with Crippen LogP contribution in [-0.2, 0) is 0 Å². The molecule has 21 heavy (non-hydrogen) atoms. The van der Waals surface area contributed by atoms with Gasteiger partial charge in [-0.1, -0.05) is 0 Å². The molecule has 2 aromatic rings. The number of rotatable bonds is 2. The lowest BCUT2D eigenvalue weighted by atomic mass is 10.3. The van der Waals surface area contributed by atoms with E-state index in [2.05, 4.69) is 21.9 Å². The van der Waals surface area contributed by atoms with Crippen LogP contribution in [0.25, 0.3) is 10.6 Å².